The number of aromatic nitrogens is 1. The fourth-order valence-electron chi connectivity index (χ4n) is 1.61. The molecule has 11 heavy (non-hydrogen) atoms. The van der Waals surface area contributed by atoms with Gasteiger partial charge in [-0.05, 0) is 43.9 Å². The first kappa shape index (κ1) is 7.25. The Morgan fingerprint density at radius 2 is 2.64 bits per heavy atom. The molecule has 2 rings (SSSR count). The summed E-state index contributed by atoms with van der Waals surface area (Å²) in [5.74, 6) is 0. The highest BCUT2D eigenvalue weighted by atomic mass is 32.1. The molecule has 1 aromatic heterocycles. The third-order valence-corrected chi connectivity index (χ3v) is 2.93. The summed E-state index contributed by atoms with van der Waals surface area (Å²) in [6.45, 7) is 3.36. The zero-order chi connectivity index (χ0) is 7.73. The summed E-state index contributed by atoms with van der Waals surface area (Å²) in [7, 11) is 0. The lowest BCUT2D eigenvalue weighted by atomic mass is 9.96. The fourth-order valence-corrected chi connectivity index (χ4v) is 2.24. The predicted octanol–water partition coefficient (Wildman–Crippen LogP) is 1.74. The molecular weight excluding hydrogens is 156 g/mol. The molecule has 0 radical (unpaired) electrons. The first-order chi connectivity index (χ1) is 5.31. The van der Waals surface area contributed by atoms with Crippen molar-refractivity contribution in [1.82, 2.24) is 9.69 Å². The maximum Gasteiger partial charge on any atom is 0.0740 e. The average Bonchev–Trinajstić information content (AvgIpc) is 2.55. The van der Waals surface area contributed by atoms with Crippen molar-refractivity contribution in [3.05, 3.63) is 17.1 Å². The Kier molecular flexibility index (Phi) is 1.69. The van der Waals surface area contributed by atoms with Crippen LogP contribution in [0.15, 0.2) is 11.4 Å². The number of rotatable bonds is 1. The molecule has 3 heteroatoms. The van der Waals surface area contributed by atoms with Crippen LogP contribution in [-0.4, -0.2) is 10.9 Å². The van der Waals surface area contributed by atoms with Crippen LogP contribution < -0.4 is 5.32 Å². The third-order valence-electron chi connectivity index (χ3n) is 2.37. The molecule has 0 aromatic carbocycles. The molecular formula is C8H12N2S. The topological polar surface area (TPSA) is 24.9 Å². The van der Waals surface area contributed by atoms with Crippen molar-refractivity contribution < 1.29 is 0 Å². The van der Waals surface area contributed by atoms with Gasteiger partial charge < -0.3 is 5.32 Å². The van der Waals surface area contributed by atoms with E-state index in [2.05, 4.69) is 22.7 Å². The molecule has 0 saturated carbocycles. The van der Waals surface area contributed by atoms with E-state index in [1.54, 1.807) is 0 Å². The number of nitrogens with one attached hydrogen (secondary N) is 1. The van der Waals surface area contributed by atoms with Crippen LogP contribution in [0, 0.1) is 0 Å². The van der Waals surface area contributed by atoms with E-state index in [-0.39, 0.29) is 5.54 Å². The average molecular weight is 168 g/mol. The zero-order valence-electron chi connectivity index (χ0n) is 6.63. The minimum absolute atomic E-state index is 0.167. The van der Waals surface area contributed by atoms with Crippen molar-refractivity contribution in [2.24, 2.45) is 0 Å². The van der Waals surface area contributed by atoms with Gasteiger partial charge in [-0.15, -0.1) is 0 Å². The van der Waals surface area contributed by atoms with Crippen LogP contribution in [0.1, 0.15) is 25.5 Å². The van der Waals surface area contributed by atoms with Gasteiger partial charge >= 0.3 is 0 Å². The first-order valence-corrected chi connectivity index (χ1v) is 4.81. The lowest BCUT2D eigenvalue weighted by Crippen LogP contribution is -2.33. The highest BCUT2D eigenvalue weighted by molar-refractivity contribution is 7.03. The van der Waals surface area contributed by atoms with Crippen LogP contribution >= 0.6 is 11.5 Å². The third kappa shape index (κ3) is 1.19. The van der Waals surface area contributed by atoms with E-state index >= 15 is 0 Å². The molecule has 1 N–H and O–H groups in total. The summed E-state index contributed by atoms with van der Waals surface area (Å²) in [5.41, 5.74) is 1.38. The summed E-state index contributed by atoms with van der Waals surface area (Å²) in [4.78, 5) is 0. The van der Waals surface area contributed by atoms with E-state index in [4.69, 9.17) is 0 Å². The summed E-state index contributed by atoms with van der Waals surface area (Å²) in [5, 5.41) is 5.52. The molecule has 1 saturated heterocycles. The molecule has 1 aliphatic rings. The van der Waals surface area contributed by atoms with Crippen LogP contribution in [0.3, 0.4) is 0 Å². The van der Waals surface area contributed by atoms with Gasteiger partial charge in [0.1, 0.15) is 0 Å². The second-order valence-corrected chi connectivity index (χ2v) is 3.91. The van der Waals surface area contributed by atoms with E-state index in [0.29, 0.717) is 0 Å². The zero-order valence-corrected chi connectivity index (χ0v) is 7.45. The van der Waals surface area contributed by atoms with Crippen LogP contribution in [0.2, 0.25) is 0 Å². The minimum atomic E-state index is 0.167. The van der Waals surface area contributed by atoms with Crippen molar-refractivity contribution in [2.45, 2.75) is 25.3 Å². The standard InChI is InChI=1S/C8H12N2S/c1-8(4-2-5-9-8)7-3-6-11-10-7/h3,6,9H,2,4-5H2,1H3. The Balaban J connectivity index is 2.27. The normalized spacial score (nSPS) is 31.0. The van der Waals surface area contributed by atoms with E-state index in [1.807, 2.05) is 5.38 Å². The quantitative estimate of drug-likeness (QED) is 0.691. The van der Waals surface area contributed by atoms with Gasteiger partial charge in [-0.1, -0.05) is 0 Å². The Bertz CT molecular complexity index is 224. The van der Waals surface area contributed by atoms with Crippen molar-refractivity contribution in [1.29, 1.82) is 0 Å². The smallest absolute Gasteiger partial charge is 0.0740 e. The van der Waals surface area contributed by atoms with Gasteiger partial charge in [0.25, 0.3) is 0 Å². The molecule has 0 spiro atoms. The lowest BCUT2D eigenvalue weighted by molar-refractivity contribution is 0.425. The number of hydrogen-bond donors (Lipinski definition) is 1. The molecule has 2 heterocycles. The molecule has 2 nitrogen and oxygen atoms in total. The molecule has 1 fully saturated rings. The van der Waals surface area contributed by atoms with Crippen molar-refractivity contribution in [2.75, 3.05) is 6.54 Å². The molecule has 0 amide bonds. The second-order valence-electron chi connectivity index (χ2n) is 3.25. The number of nitrogens with zero attached hydrogens (tertiary/aromatic N) is 1. The molecule has 0 bridgehead atoms. The van der Waals surface area contributed by atoms with Crippen LogP contribution in [0.4, 0.5) is 0 Å². The van der Waals surface area contributed by atoms with Gasteiger partial charge in [-0.25, -0.2) is 0 Å². The monoisotopic (exact) mass is 168 g/mol. The highest BCUT2D eigenvalue weighted by Gasteiger charge is 2.31. The largest absolute Gasteiger partial charge is 0.306 e. The van der Waals surface area contributed by atoms with Crippen molar-refractivity contribution in [3.8, 4) is 0 Å². The maximum atomic E-state index is 4.35. The van der Waals surface area contributed by atoms with Crippen molar-refractivity contribution >= 4 is 11.5 Å². The molecule has 1 aromatic rings. The SMILES string of the molecule is CC1(c2ccsn2)CCCN1. The predicted molar refractivity (Wildman–Crippen MR) is 46.7 cm³/mol. The summed E-state index contributed by atoms with van der Waals surface area (Å²) in [6.07, 6.45) is 2.49. The van der Waals surface area contributed by atoms with Gasteiger partial charge in [0.15, 0.2) is 0 Å². The lowest BCUT2D eigenvalue weighted by Gasteiger charge is -2.21. The van der Waals surface area contributed by atoms with E-state index < -0.39 is 0 Å². The van der Waals surface area contributed by atoms with Gasteiger partial charge in [-0.3, -0.25) is 0 Å². The van der Waals surface area contributed by atoms with Crippen LogP contribution in [0.5, 0.6) is 0 Å². The number of hydrogen-bond acceptors (Lipinski definition) is 3. The fraction of sp³-hybridized carbons (Fsp3) is 0.625. The van der Waals surface area contributed by atoms with E-state index in [0.717, 1.165) is 6.54 Å². The molecule has 60 valence electrons. The van der Waals surface area contributed by atoms with E-state index in [1.165, 1.54) is 30.1 Å². The first-order valence-electron chi connectivity index (χ1n) is 3.97. The van der Waals surface area contributed by atoms with E-state index in [9.17, 15) is 0 Å². The van der Waals surface area contributed by atoms with Gasteiger partial charge in [0.2, 0.25) is 0 Å². The molecule has 1 atom stereocenters. The summed E-state index contributed by atoms with van der Waals surface area (Å²) in [6, 6.07) is 2.11. The molecule has 0 aliphatic carbocycles. The Morgan fingerprint density at radius 3 is 3.18 bits per heavy atom. The van der Waals surface area contributed by atoms with Gasteiger partial charge in [0, 0.05) is 5.38 Å². The van der Waals surface area contributed by atoms with Gasteiger partial charge in [0.05, 0.1) is 11.2 Å². The van der Waals surface area contributed by atoms with Crippen LogP contribution in [0.25, 0.3) is 0 Å². The summed E-state index contributed by atoms with van der Waals surface area (Å²) < 4.78 is 4.35. The molecule has 1 unspecified atom stereocenters. The Hall–Kier alpha value is -0.410. The maximum absolute atomic E-state index is 4.35. The van der Waals surface area contributed by atoms with Gasteiger partial charge in [-0.2, -0.15) is 4.37 Å². The Labute approximate surface area is 70.8 Å². The molecule has 1 aliphatic heterocycles. The minimum Gasteiger partial charge on any atom is -0.306 e. The van der Waals surface area contributed by atoms with Crippen LogP contribution in [-0.2, 0) is 5.54 Å². The second kappa shape index (κ2) is 2.57. The van der Waals surface area contributed by atoms with Crippen molar-refractivity contribution in [3.63, 3.8) is 0 Å². The summed E-state index contributed by atoms with van der Waals surface area (Å²) >= 11 is 1.53. The Morgan fingerprint density at radius 1 is 1.73 bits per heavy atom. The highest BCUT2D eigenvalue weighted by Crippen LogP contribution is 2.29.